The van der Waals surface area contributed by atoms with Crippen LogP contribution in [0, 0.1) is 13.8 Å². The Morgan fingerprint density at radius 2 is 1.80 bits per heavy atom. The minimum Gasteiger partial charge on any atom is -0.359 e. The van der Waals surface area contributed by atoms with Crippen LogP contribution in [0.25, 0.3) is 11.3 Å². The third kappa shape index (κ3) is 2.49. The van der Waals surface area contributed by atoms with Crippen molar-refractivity contribution in [2.75, 3.05) is 5.32 Å². The van der Waals surface area contributed by atoms with Crippen molar-refractivity contribution >= 4 is 5.69 Å². The van der Waals surface area contributed by atoms with Gasteiger partial charge in [0, 0.05) is 16.8 Å². The number of hydrogen-bond acceptors (Lipinski definition) is 2. The molecule has 1 N–H and O–H groups in total. The summed E-state index contributed by atoms with van der Waals surface area (Å²) in [6.45, 7) is 3.78. The number of halogens is 3. The fraction of sp³-hybridized carbons (Fsp3) is 0.211. The summed E-state index contributed by atoms with van der Waals surface area (Å²) in [4.78, 5) is 0. The molecule has 0 fully saturated rings. The molecular formula is C19H16F3N3. The molecule has 0 saturated carbocycles. The molecule has 1 aromatic heterocycles. The summed E-state index contributed by atoms with van der Waals surface area (Å²) < 4.78 is 42.1. The number of rotatable bonds is 1. The van der Waals surface area contributed by atoms with Gasteiger partial charge in [-0.25, -0.2) is 4.68 Å². The zero-order valence-corrected chi connectivity index (χ0v) is 13.7. The van der Waals surface area contributed by atoms with Crippen LogP contribution in [-0.2, 0) is 6.18 Å². The molecule has 3 aromatic rings. The van der Waals surface area contributed by atoms with Gasteiger partial charge in [0.05, 0.1) is 17.0 Å². The highest BCUT2D eigenvalue weighted by molar-refractivity contribution is 5.81. The highest BCUT2D eigenvalue weighted by atomic mass is 19.4. The van der Waals surface area contributed by atoms with E-state index in [9.17, 15) is 13.2 Å². The summed E-state index contributed by atoms with van der Waals surface area (Å²) in [5.74, 6) is 0. The van der Waals surface area contributed by atoms with Gasteiger partial charge in [0.1, 0.15) is 6.17 Å². The number of hydrogen-bond donors (Lipinski definition) is 1. The number of aromatic nitrogens is 2. The molecule has 4 rings (SSSR count). The van der Waals surface area contributed by atoms with Crippen molar-refractivity contribution in [3.63, 3.8) is 0 Å². The maximum absolute atomic E-state index is 13.5. The highest BCUT2D eigenvalue weighted by Crippen LogP contribution is 2.43. The average Bonchev–Trinajstić information content (AvgIpc) is 2.95. The van der Waals surface area contributed by atoms with Gasteiger partial charge in [-0.3, -0.25) is 0 Å². The van der Waals surface area contributed by atoms with Gasteiger partial charge in [-0.2, -0.15) is 18.3 Å². The standard InChI is InChI=1S/C19H16F3N3/c1-11-6-5-8-14-16-10-12(2)24-25(16)18(23-17(11)14)13-7-3-4-9-15(13)19(20,21)22/h3-10,18,23H,1-2H3/t18-/m0/s1. The largest absolute Gasteiger partial charge is 0.416 e. The van der Waals surface area contributed by atoms with Crippen LogP contribution >= 0.6 is 0 Å². The molecule has 1 aliphatic heterocycles. The summed E-state index contributed by atoms with van der Waals surface area (Å²) in [6.07, 6.45) is -5.14. The lowest BCUT2D eigenvalue weighted by Crippen LogP contribution is -2.28. The zero-order valence-electron chi connectivity index (χ0n) is 13.7. The summed E-state index contributed by atoms with van der Waals surface area (Å²) >= 11 is 0. The van der Waals surface area contributed by atoms with Crippen molar-refractivity contribution in [3.05, 3.63) is 70.9 Å². The van der Waals surface area contributed by atoms with E-state index in [1.54, 1.807) is 10.7 Å². The molecule has 0 spiro atoms. The van der Waals surface area contributed by atoms with E-state index < -0.39 is 17.9 Å². The zero-order chi connectivity index (χ0) is 17.8. The first-order chi connectivity index (χ1) is 11.9. The Balaban J connectivity index is 1.96. The molecule has 3 nitrogen and oxygen atoms in total. The van der Waals surface area contributed by atoms with Crippen LogP contribution < -0.4 is 5.32 Å². The van der Waals surface area contributed by atoms with Gasteiger partial charge < -0.3 is 5.32 Å². The Bertz CT molecular complexity index is 957. The van der Waals surface area contributed by atoms with Crippen molar-refractivity contribution in [1.29, 1.82) is 0 Å². The van der Waals surface area contributed by atoms with Crippen molar-refractivity contribution in [3.8, 4) is 11.3 Å². The molecule has 0 aliphatic carbocycles. The highest BCUT2D eigenvalue weighted by Gasteiger charge is 2.37. The van der Waals surface area contributed by atoms with Crippen molar-refractivity contribution in [1.82, 2.24) is 9.78 Å². The first-order valence-electron chi connectivity index (χ1n) is 7.95. The second-order valence-electron chi connectivity index (χ2n) is 6.24. The van der Waals surface area contributed by atoms with Crippen LogP contribution in [-0.4, -0.2) is 9.78 Å². The maximum atomic E-state index is 13.5. The molecule has 1 aliphatic rings. The second kappa shape index (κ2) is 5.37. The number of anilines is 1. The third-order valence-corrected chi connectivity index (χ3v) is 4.49. The minimum atomic E-state index is -4.42. The van der Waals surface area contributed by atoms with E-state index in [1.807, 2.05) is 38.1 Å². The number of fused-ring (bicyclic) bond motifs is 3. The van der Waals surface area contributed by atoms with Crippen LogP contribution in [0.2, 0.25) is 0 Å². The molecular weight excluding hydrogens is 327 g/mol. The lowest BCUT2D eigenvalue weighted by atomic mass is 9.98. The number of para-hydroxylation sites is 1. The Kier molecular flexibility index (Phi) is 3.39. The van der Waals surface area contributed by atoms with Gasteiger partial charge in [0.25, 0.3) is 0 Å². The molecule has 128 valence electrons. The number of alkyl halides is 3. The first-order valence-corrected chi connectivity index (χ1v) is 7.95. The van der Waals surface area contributed by atoms with Crippen LogP contribution in [0.5, 0.6) is 0 Å². The van der Waals surface area contributed by atoms with E-state index >= 15 is 0 Å². The quantitative estimate of drug-likeness (QED) is 0.661. The molecule has 0 amide bonds. The van der Waals surface area contributed by atoms with Crippen LogP contribution in [0.4, 0.5) is 18.9 Å². The first kappa shape index (κ1) is 15.7. The van der Waals surface area contributed by atoms with Gasteiger partial charge in [-0.05, 0) is 31.5 Å². The van der Waals surface area contributed by atoms with Gasteiger partial charge in [0.15, 0.2) is 0 Å². The normalized spacial score (nSPS) is 16.1. The molecule has 6 heteroatoms. The predicted octanol–water partition coefficient (Wildman–Crippen LogP) is 5.16. The van der Waals surface area contributed by atoms with E-state index in [1.165, 1.54) is 12.1 Å². The minimum absolute atomic E-state index is 0.160. The lowest BCUT2D eigenvalue weighted by Gasteiger charge is -2.31. The fourth-order valence-electron chi connectivity index (χ4n) is 3.39. The monoisotopic (exact) mass is 343 g/mol. The van der Waals surface area contributed by atoms with Crippen molar-refractivity contribution in [2.45, 2.75) is 26.2 Å². The molecule has 0 bridgehead atoms. The van der Waals surface area contributed by atoms with E-state index in [4.69, 9.17) is 0 Å². The molecule has 2 heterocycles. The Hall–Kier alpha value is -2.76. The molecule has 0 unspecified atom stereocenters. The van der Waals surface area contributed by atoms with E-state index in [-0.39, 0.29) is 5.56 Å². The molecule has 0 radical (unpaired) electrons. The van der Waals surface area contributed by atoms with Gasteiger partial charge in [-0.15, -0.1) is 0 Å². The van der Waals surface area contributed by atoms with E-state index in [0.29, 0.717) is 0 Å². The number of nitrogens with one attached hydrogen (secondary N) is 1. The van der Waals surface area contributed by atoms with Crippen molar-refractivity contribution < 1.29 is 13.2 Å². The average molecular weight is 343 g/mol. The van der Waals surface area contributed by atoms with E-state index in [0.717, 1.165) is 34.3 Å². The second-order valence-corrected chi connectivity index (χ2v) is 6.24. The molecule has 2 aromatic carbocycles. The molecule has 25 heavy (non-hydrogen) atoms. The Morgan fingerprint density at radius 1 is 1.04 bits per heavy atom. The summed E-state index contributed by atoms with van der Waals surface area (Å²) in [5, 5.41) is 7.71. The Labute approximate surface area is 143 Å². The topological polar surface area (TPSA) is 29.9 Å². The number of nitrogens with zero attached hydrogens (tertiary/aromatic N) is 2. The smallest absolute Gasteiger partial charge is 0.359 e. The number of benzene rings is 2. The van der Waals surface area contributed by atoms with E-state index in [2.05, 4.69) is 10.4 Å². The van der Waals surface area contributed by atoms with Crippen molar-refractivity contribution in [2.24, 2.45) is 0 Å². The van der Waals surface area contributed by atoms with Crippen LogP contribution in [0.15, 0.2) is 48.5 Å². The lowest BCUT2D eigenvalue weighted by molar-refractivity contribution is -0.138. The number of aryl methyl sites for hydroxylation is 2. The summed E-state index contributed by atoms with van der Waals surface area (Å²) in [5.41, 5.74) is 3.87. The van der Waals surface area contributed by atoms with Gasteiger partial charge in [0.2, 0.25) is 0 Å². The van der Waals surface area contributed by atoms with Crippen LogP contribution in [0.1, 0.15) is 28.6 Å². The van der Waals surface area contributed by atoms with Gasteiger partial charge >= 0.3 is 6.18 Å². The fourth-order valence-corrected chi connectivity index (χ4v) is 3.39. The summed E-state index contributed by atoms with van der Waals surface area (Å²) in [7, 11) is 0. The van der Waals surface area contributed by atoms with Crippen LogP contribution in [0.3, 0.4) is 0 Å². The molecule has 1 atom stereocenters. The third-order valence-electron chi connectivity index (χ3n) is 4.49. The molecule has 0 saturated heterocycles. The summed E-state index contributed by atoms with van der Waals surface area (Å²) in [6, 6.07) is 13.4. The van der Waals surface area contributed by atoms with Gasteiger partial charge in [-0.1, -0.05) is 36.4 Å². The Morgan fingerprint density at radius 3 is 2.56 bits per heavy atom. The predicted molar refractivity (Wildman–Crippen MR) is 90.3 cm³/mol. The SMILES string of the molecule is Cc1cc2n(n1)[C@@H](c1ccccc1C(F)(F)F)Nc1c(C)cccc1-2. The maximum Gasteiger partial charge on any atom is 0.416 e.